The van der Waals surface area contributed by atoms with E-state index in [9.17, 15) is 9.59 Å². The molecule has 0 saturated carbocycles. The predicted octanol–water partition coefficient (Wildman–Crippen LogP) is -0.655. The quantitative estimate of drug-likeness (QED) is 0.278. The first-order valence-corrected chi connectivity index (χ1v) is 4.65. The second kappa shape index (κ2) is 3.50. The number of nitrogens with two attached hydrogens (primary N) is 1. The lowest BCUT2D eigenvalue weighted by Gasteiger charge is -2.22. The van der Waals surface area contributed by atoms with Crippen molar-refractivity contribution in [2.24, 2.45) is 5.84 Å². The number of carboxylic acids is 1. The van der Waals surface area contributed by atoms with Crippen LogP contribution in [0.25, 0.3) is 0 Å². The summed E-state index contributed by atoms with van der Waals surface area (Å²) in [5.41, 5.74) is 2.45. The molecule has 1 aliphatic heterocycles. The number of carbonyl (C=O) groups is 2. The van der Waals surface area contributed by atoms with Crippen LogP contribution in [-0.2, 0) is 9.59 Å². The maximum Gasteiger partial charge on any atom is 0.344 e. The number of amides is 1. The molecule has 1 atom stereocenters. The molecule has 0 aliphatic carbocycles. The van der Waals surface area contributed by atoms with Gasteiger partial charge in [-0.2, -0.15) is 0 Å². The number of carboxylic acid groups (broad SMARTS) is 1. The van der Waals surface area contributed by atoms with E-state index in [-0.39, 0.29) is 4.91 Å². The minimum Gasteiger partial charge on any atom is -0.477 e. The highest BCUT2D eigenvalue weighted by Gasteiger charge is 2.42. The van der Waals surface area contributed by atoms with Crippen LogP contribution >= 0.6 is 11.8 Å². The highest BCUT2D eigenvalue weighted by Crippen LogP contribution is 2.38. The number of hydrogen-bond donors (Lipinski definition) is 4. The van der Waals surface area contributed by atoms with Crippen LogP contribution in [0.4, 0.5) is 0 Å². The molecule has 1 aliphatic rings. The molecule has 1 amide bonds. The fraction of sp³-hybridized carbons (Fsp3) is 0.429. The molecule has 0 bridgehead atoms. The van der Waals surface area contributed by atoms with Gasteiger partial charge in [-0.3, -0.25) is 10.2 Å². The summed E-state index contributed by atoms with van der Waals surface area (Å²) in [7, 11) is 0. The number of hydrogen-bond acceptors (Lipinski definition) is 5. The van der Waals surface area contributed by atoms with E-state index < -0.39 is 16.7 Å². The molecular formula is C7H11N3O3S. The summed E-state index contributed by atoms with van der Waals surface area (Å²) in [5.74, 6) is 3.48. The molecule has 1 rings (SSSR count). The largest absolute Gasteiger partial charge is 0.477 e. The topological polar surface area (TPSA) is 104 Å². The Hall–Kier alpha value is -1.21. The summed E-state index contributed by atoms with van der Waals surface area (Å²) in [4.78, 5) is 21.1. The van der Waals surface area contributed by atoms with E-state index in [1.54, 1.807) is 13.8 Å². The van der Waals surface area contributed by atoms with E-state index in [2.05, 4.69) is 5.32 Å². The molecule has 0 spiro atoms. The van der Waals surface area contributed by atoms with E-state index in [0.29, 0.717) is 5.70 Å². The van der Waals surface area contributed by atoms with Crippen LogP contribution in [-0.4, -0.2) is 21.9 Å². The van der Waals surface area contributed by atoms with E-state index in [4.69, 9.17) is 10.9 Å². The Morgan fingerprint density at radius 1 is 1.64 bits per heavy atom. The van der Waals surface area contributed by atoms with Crippen molar-refractivity contribution in [3.8, 4) is 0 Å². The van der Waals surface area contributed by atoms with Gasteiger partial charge in [-0.25, -0.2) is 10.6 Å². The summed E-state index contributed by atoms with van der Waals surface area (Å²) in [6.07, 6.45) is 0. The third-order valence-corrected chi connectivity index (χ3v) is 3.21. The third-order valence-electron chi connectivity index (χ3n) is 1.83. The summed E-state index contributed by atoms with van der Waals surface area (Å²) < 4.78 is 0. The molecule has 1 heterocycles. The fourth-order valence-electron chi connectivity index (χ4n) is 1.17. The van der Waals surface area contributed by atoms with Crippen molar-refractivity contribution in [1.82, 2.24) is 10.7 Å². The summed E-state index contributed by atoms with van der Waals surface area (Å²) in [6, 6.07) is 0. The van der Waals surface area contributed by atoms with E-state index in [1.807, 2.05) is 5.43 Å². The Bertz CT molecular complexity index is 328. The average molecular weight is 217 g/mol. The molecule has 5 N–H and O–H groups in total. The SMILES string of the molecule is CC1=C(C(=O)O)S[C@@](C)(C(=O)NN)N1. The van der Waals surface area contributed by atoms with Crippen molar-refractivity contribution in [3.05, 3.63) is 10.6 Å². The summed E-state index contributed by atoms with van der Waals surface area (Å²) in [6.45, 7) is 3.17. The molecule has 0 aromatic rings. The Labute approximate surface area is 84.9 Å². The zero-order chi connectivity index (χ0) is 10.9. The predicted molar refractivity (Wildman–Crippen MR) is 51.8 cm³/mol. The van der Waals surface area contributed by atoms with Gasteiger partial charge in [0.15, 0.2) is 4.87 Å². The second-order valence-electron chi connectivity index (χ2n) is 2.99. The first-order chi connectivity index (χ1) is 6.40. The number of thioether (sulfide) groups is 1. The van der Waals surface area contributed by atoms with Crippen LogP contribution < -0.4 is 16.6 Å². The molecule has 78 valence electrons. The van der Waals surface area contributed by atoms with Gasteiger partial charge in [-0.15, -0.1) is 0 Å². The minimum absolute atomic E-state index is 0.135. The highest BCUT2D eigenvalue weighted by atomic mass is 32.2. The number of rotatable bonds is 2. The van der Waals surface area contributed by atoms with E-state index in [0.717, 1.165) is 11.8 Å². The maximum atomic E-state index is 11.3. The second-order valence-corrected chi connectivity index (χ2v) is 4.42. The maximum absolute atomic E-state index is 11.3. The van der Waals surface area contributed by atoms with Crippen molar-refractivity contribution in [3.63, 3.8) is 0 Å². The highest BCUT2D eigenvalue weighted by molar-refractivity contribution is 8.06. The van der Waals surface area contributed by atoms with Crippen molar-refractivity contribution < 1.29 is 14.7 Å². The lowest BCUT2D eigenvalue weighted by molar-refractivity contribution is -0.131. The average Bonchev–Trinajstić information content (AvgIpc) is 2.42. The number of hydrazine groups is 1. The molecule has 0 fully saturated rings. The lowest BCUT2D eigenvalue weighted by atomic mass is 10.3. The molecule has 0 unspecified atom stereocenters. The van der Waals surface area contributed by atoms with E-state index >= 15 is 0 Å². The Kier molecular flexibility index (Phi) is 2.72. The Morgan fingerprint density at radius 3 is 2.57 bits per heavy atom. The Balaban J connectivity index is 2.88. The molecular weight excluding hydrogens is 206 g/mol. The molecule has 0 radical (unpaired) electrons. The van der Waals surface area contributed by atoms with Crippen molar-refractivity contribution in [1.29, 1.82) is 0 Å². The normalized spacial score (nSPS) is 25.9. The van der Waals surface area contributed by atoms with Crippen molar-refractivity contribution in [2.45, 2.75) is 18.7 Å². The molecule has 0 saturated heterocycles. The fourth-order valence-corrected chi connectivity index (χ4v) is 2.22. The Morgan fingerprint density at radius 2 is 2.21 bits per heavy atom. The number of aliphatic carboxylic acids is 1. The van der Waals surface area contributed by atoms with Gasteiger partial charge < -0.3 is 10.4 Å². The monoisotopic (exact) mass is 217 g/mol. The van der Waals surface area contributed by atoms with Crippen LogP contribution in [0, 0.1) is 0 Å². The molecule has 0 aromatic heterocycles. The number of carbonyl (C=O) groups excluding carboxylic acids is 1. The summed E-state index contributed by atoms with van der Waals surface area (Å²) >= 11 is 0.939. The molecule has 14 heavy (non-hydrogen) atoms. The van der Waals surface area contributed by atoms with Gasteiger partial charge in [0.2, 0.25) is 0 Å². The van der Waals surface area contributed by atoms with Crippen molar-refractivity contribution >= 4 is 23.6 Å². The van der Waals surface area contributed by atoms with Gasteiger partial charge in [-0.1, -0.05) is 11.8 Å². The third kappa shape index (κ3) is 1.68. The van der Waals surface area contributed by atoms with Gasteiger partial charge in [0.05, 0.1) is 0 Å². The first-order valence-electron chi connectivity index (χ1n) is 3.83. The molecule has 0 aromatic carbocycles. The van der Waals surface area contributed by atoms with Crippen LogP contribution in [0.3, 0.4) is 0 Å². The van der Waals surface area contributed by atoms with Crippen molar-refractivity contribution in [2.75, 3.05) is 0 Å². The van der Waals surface area contributed by atoms with Gasteiger partial charge in [-0.05, 0) is 13.8 Å². The van der Waals surface area contributed by atoms with E-state index in [1.165, 1.54) is 0 Å². The zero-order valence-corrected chi connectivity index (χ0v) is 8.57. The lowest BCUT2D eigenvalue weighted by Crippen LogP contribution is -2.51. The molecule has 6 nitrogen and oxygen atoms in total. The zero-order valence-electron chi connectivity index (χ0n) is 7.75. The molecule has 7 heteroatoms. The standard InChI is InChI=1S/C7H11N3O3S/c1-3-4(5(11)12)14-7(2,9-3)6(13)10-8/h9H,8H2,1-2H3,(H,10,13)(H,11,12)/t7-/m0/s1. The minimum atomic E-state index is -1.05. The first kappa shape index (κ1) is 10.9. The van der Waals surface area contributed by atoms with Crippen LogP contribution in [0.5, 0.6) is 0 Å². The van der Waals surface area contributed by atoms with Crippen LogP contribution in [0.2, 0.25) is 0 Å². The van der Waals surface area contributed by atoms with Gasteiger partial charge in [0, 0.05) is 5.70 Å². The van der Waals surface area contributed by atoms with Gasteiger partial charge >= 0.3 is 5.97 Å². The number of nitrogens with one attached hydrogen (secondary N) is 2. The van der Waals surface area contributed by atoms with Gasteiger partial charge in [0.1, 0.15) is 4.91 Å². The summed E-state index contributed by atoms with van der Waals surface area (Å²) in [5, 5.41) is 11.6. The van der Waals surface area contributed by atoms with Gasteiger partial charge in [0.25, 0.3) is 5.91 Å². The number of allylic oxidation sites excluding steroid dienone is 1. The van der Waals surface area contributed by atoms with Crippen LogP contribution in [0.1, 0.15) is 13.8 Å². The smallest absolute Gasteiger partial charge is 0.344 e. The van der Waals surface area contributed by atoms with Crippen LogP contribution in [0.15, 0.2) is 10.6 Å².